The topological polar surface area (TPSA) is 81.2 Å². The van der Waals surface area contributed by atoms with Crippen LogP contribution in [0.2, 0.25) is 0 Å². The highest BCUT2D eigenvalue weighted by Gasteiger charge is 2.17. The average molecular weight is 322 g/mol. The van der Waals surface area contributed by atoms with Crippen LogP contribution in [0.1, 0.15) is 31.2 Å². The number of halogens is 2. The minimum Gasteiger partial charge on any atom is -0.328 e. The summed E-state index contributed by atoms with van der Waals surface area (Å²) in [6.07, 6.45) is 4.31. The molecule has 3 N–H and O–H groups in total. The average Bonchev–Trinajstić information content (AvgIpc) is 2.38. The lowest BCUT2D eigenvalue weighted by Gasteiger charge is -2.26. The van der Waals surface area contributed by atoms with E-state index in [-0.39, 0.29) is 35.4 Å². The summed E-state index contributed by atoms with van der Waals surface area (Å²) in [7, 11) is 0. The lowest BCUT2D eigenvalue weighted by Crippen LogP contribution is -2.37. The fourth-order valence-corrected chi connectivity index (χ4v) is 2.37. The Morgan fingerprint density at radius 3 is 2.50 bits per heavy atom. The number of hydrogen-bond donors (Lipinski definition) is 2. The van der Waals surface area contributed by atoms with Crippen LogP contribution < -0.4 is 11.1 Å². The summed E-state index contributed by atoms with van der Waals surface area (Å²) < 4.78 is 0. The molecule has 7 heteroatoms. The number of nitrogens with zero attached hydrogens (tertiary/aromatic N) is 1. The fourth-order valence-electron chi connectivity index (χ4n) is 2.37. The predicted octanol–water partition coefficient (Wildman–Crippen LogP) is 2.80. The third-order valence-electron chi connectivity index (χ3n) is 3.49. The number of non-ortho nitro benzene ring substituents is 1. The lowest BCUT2D eigenvalue weighted by atomic mass is 9.92. The molecule has 0 radical (unpaired) electrons. The first-order valence-corrected chi connectivity index (χ1v) is 6.37. The summed E-state index contributed by atoms with van der Waals surface area (Å²) in [4.78, 5) is 10.3. The van der Waals surface area contributed by atoms with Gasteiger partial charge in [-0.1, -0.05) is 12.1 Å². The quantitative estimate of drug-likeness (QED) is 0.660. The number of nitro benzene ring substituents is 1. The molecule has 1 aromatic rings. The highest BCUT2D eigenvalue weighted by Crippen LogP contribution is 2.18. The minimum atomic E-state index is -0.358. The molecular weight excluding hydrogens is 301 g/mol. The Hall–Kier alpha value is -0.880. The molecule has 1 saturated carbocycles. The van der Waals surface area contributed by atoms with E-state index in [1.54, 1.807) is 12.1 Å². The molecule has 1 aliphatic rings. The first kappa shape index (κ1) is 19.1. The van der Waals surface area contributed by atoms with Crippen molar-refractivity contribution in [1.82, 2.24) is 5.32 Å². The van der Waals surface area contributed by atoms with Gasteiger partial charge in [0.2, 0.25) is 0 Å². The van der Waals surface area contributed by atoms with Crippen LogP contribution in [0.4, 0.5) is 5.69 Å². The van der Waals surface area contributed by atoms with Crippen molar-refractivity contribution >= 4 is 30.5 Å². The SMILES string of the molecule is Cl.Cl.NC1CCC(NCc2cccc([N+](=O)[O-])c2)CC1. The molecule has 114 valence electrons. The van der Waals surface area contributed by atoms with Gasteiger partial charge < -0.3 is 11.1 Å². The van der Waals surface area contributed by atoms with E-state index in [0.717, 1.165) is 31.2 Å². The Balaban J connectivity index is 0.00000180. The Bertz CT molecular complexity index is 424. The third-order valence-corrected chi connectivity index (χ3v) is 3.49. The molecule has 0 aromatic heterocycles. The Morgan fingerprint density at radius 1 is 1.25 bits per heavy atom. The van der Waals surface area contributed by atoms with E-state index in [1.807, 2.05) is 6.07 Å². The highest BCUT2D eigenvalue weighted by molar-refractivity contribution is 5.85. The van der Waals surface area contributed by atoms with Gasteiger partial charge in [-0.25, -0.2) is 0 Å². The Labute approximate surface area is 131 Å². The van der Waals surface area contributed by atoms with Crippen LogP contribution in [-0.2, 0) is 6.54 Å². The maximum Gasteiger partial charge on any atom is 0.269 e. The van der Waals surface area contributed by atoms with Crippen LogP contribution in [0.3, 0.4) is 0 Å². The lowest BCUT2D eigenvalue weighted by molar-refractivity contribution is -0.384. The standard InChI is InChI=1S/C13H19N3O2.2ClH/c14-11-4-6-12(7-5-11)15-9-10-2-1-3-13(8-10)16(17)18;;/h1-3,8,11-12,15H,4-7,9,14H2;2*1H. The van der Waals surface area contributed by atoms with Gasteiger partial charge >= 0.3 is 0 Å². The highest BCUT2D eigenvalue weighted by atomic mass is 35.5. The molecule has 0 saturated heterocycles. The van der Waals surface area contributed by atoms with E-state index in [1.165, 1.54) is 6.07 Å². The van der Waals surface area contributed by atoms with Crippen LogP contribution in [0, 0.1) is 10.1 Å². The number of rotatable bonds is 4. The van der Waals surface area contributed by atoms with Crippen molar-refractivity contribution in [2.75, 3.05) is 0 Å². The van der Waals surface area contributed by atoms with Gasteiger partial charge in [0.15, 0.2) is 0 Å². The normalized spacial score (nSPS) is 21.4. The van der Waals surface area contributed by atoms with Crippen molar-refractivity contribution in [2.24, 2.45) is 5.73 Å². The zero-order valence-corrected chi connectivity index (χ0v) is 12.8. The van der Waals surface area contributed by atoms with Crippen molar-refractivity contribution in [1.29, 1.82) is 0 Å². The van der Waals surface area contributed by atoms with Gasteiger partial charge in [0.05, 0.1) is 4.92 Å². The largest absolute Gasteiger partial charge is 0.328 e. The summed E-state index contributed by atoms with van der Waals surface area (Å²) in [6.45, 7) is 0.682. The molecule has 20 heavy (non-hydrogen) atoms. The van der Waals surface area contributed by atoms with Gasteiger partial charge in [0.25, 0.3) is 5.69 Å². The summed E-state index contributed by atoms with van der Waals surface area (Å²) in [5.74, 6) is 0. The van der Waals surface area contributed by atoms with Gasteiger partial charge in [0, 0.05) is 30.8 Å². The van der Waals surface area contributed by atoms with Crippen molar-refractivity contribution in [3.05, 3.63) is 39.9 Å². The van der Waals surface area contributed by atoms with Crippen molar-refractivity contribution in [3.8, 4) is 0 Å². The smallest absolute Gasteiger partial charge is 0.269 e. The van der Waals surface area contributed by atoms with Gasteiger partial charge in [0.1, 0.15) is 0 Å². The Kier molecular flexibility index (Phi) is 8.73. The molecule has 1 aromatic carbocycles. The third kappa shape index (κ3) is 5.63. The van der Waals surface area contributed by atoms with Gasteiger partial charge in [-0.15, -0.1) is 24.8 Å². The minimum absolute atomic E-state index is 0. The molecule has 0 amide bonds. The van der Waals surface area contributed by atoms with Crippen molar-refractivity contribution in [3.63, 3.8) is 0 Å². The fraction of sp³-hybridized carbons (Fsp3) is 0.538. The van der Waals surface area contributed by atoms with Gasteiger partial charge in [-0.2, -0.15) is 0 Å². The second-order valence-electron chi connectivity index (χ2n) is 4.92. The molecule has 0 heterocycles. The van der Waals surface area contributed by atoms with E-state index < -0.39 is 0 Å². The summed E-state index contributed by atoms with van der Waals surface area (Å²) in [5.41, 5.74) is 6.96. The van der Waals surface area contributed by atoms with E-state index in [2.05, 4.69) is 5.32 Å². The summed E-state index contributed by atoms with van der Waals surface area (Å²) >= 11 is 0. The van der Waals surface area contributed by atoms with Crippen molar-refractivity contribution in [2.45, 2.75) is 44.3 Å². The van der Waals surface area contributed by atoms with Crippen molar-refractivity contribution < 1.29 is 4.92 Å². The maximum atomic E-state index is 10.7. The van der Waals surface area contributed by atoms with E-state index in [4.69, 9.17) is 5.73 Å². The first-order chi connectivity index (χ1) is 8.65. The summed E-state index contributed by atoms with van der Waals surface area (Å²) in [5, 5.41) is 14.1. The molecule has 5 nitrogen and oxygen atoms in total. The Morgan fingerprint density at radius 2 is 1.90 bits per heavy atom. The molecule has 0 spiro atoms. The maximum absolute atomic E-state index is 10.7. The first-order valence-electron chi connectivity index (χ1n) is 6.37. The second kappa shape index (κ2) is 9.13. The van der Waals surface area contributed by atoms with Crippen LogP contribution >= 0.6 is 24.8 Å². The molecule has 1 fully saturated rings. The number of nitrogens with two attached hydrogens (primary N) is 1. The zero-order chi connectivity index (χ0) is 13.0. The van der Waals surface area contributed by atoms with Gasteiger partial charge in [-0.05, 0) is 31.2 Å². The predicted molar refractivity (Wildman–Crippen MR) is 84.7 cm³/mol. The zero-order valence-electron chi connectivity index (χ0n) is 11.2. The van der Waals surface area contributed by atoms with Crippen LogP contribution in [0.5, 0.6) is 0 Å². The molecule has 1 aliphatic carbocycles. The molecule has 0 unspecified atom stereocenters. The van der Waals surface area contributed by atoms with E-state index in [9.17, 15) is 10.1 Å². The molecule has 2 rings (SSSR count). The molecular formula is C13H21Cl2N3O2. The number of hydrogen-bond acceptors (Lipinski definition) is 4. The molecule has 0 bridgehead atoms. The number of benzene rings is 1. The van der Waals surface area contributed by atoms with Crippen LogP contribution in [0.15, 0.2) is 24.3 Å². The van der Waals surface area contributed by atoms with E-state index >= 15 is 0 Å². The molecule has 0 atom stereocenters. The molecule has 0 aliphatic heterocycles. The van der Waals surface area contributed by atoms with Crippen LogP contribution in [0.25, 0.3) is 0 Å². The van der Waals surface area contributed by atoms with E-state index in [0.29, 0.717) is 18.6 Å². The second-order valence-corrected chi connectivity index (χ2v) is 4.92. The van der Waals surface area contributed by atoms with Crippen LogP contribution in [-0.4, -0.2) is 17.0 Å². The number of nitrogens with one attached hydrogen (secondary N) is 1. The summed E-state index contributed by atoms with van der Waals surface area (Å²) in [6, 6.07) is 7.62. The monoisotopic (exact) mass is 321 g/mol. The number of nitro groups is 1. The van der Waals surface area contributed by atoms with Gasteiger partial charge in [-0.3, -0.25) is 10.1 Å².